The van der Waals surface area contributed by atoms with Crippen molar-refractivity contribution in [3.05, 3.63) is 24.3 Å². The Kier molecular flexibility index (Phi) is 6.03. The molecular weight excluding hydrogens is 224 g/mol. The number of hydrogen-bond donors (Lipinski definition) is 0. The molecule has 0 saturated carbocycles. The second-order valence-electron chi connectivity index (χ2n) is 3.73. The van der Waals surface area contributed by atoms with Gasteiger partial charge in [-0.3, -0.25) is 0 Å². The van der Waals surface area contributed by atoms with Crippen molar-refractivity contribution in [2.75, 3.05) is 12.9 Å². The first-order valence-electron chi connectivity index (χ1n) is 5.16. The minimum atomic E-state index is 0.699. The molecule has 0 amide bonds. The third-order valence-corrected chi connectivity index (χ3v) is 3.70. The zero-order valence-electron chi connectivity index (χ0n) is 9.53. The number of rotatable bonds is 6. The van der Waals surface area contributed by atoms with Crippen LogP contribution >= 0.6 is 21.6 Å². The van der Waals surface area contributed by atoms with Gasteiger partial charge in [0.15, 0.2) is 0 Å². The largest absolute Gasteiger partial charge is 0.492 e. The molecule has 84 valence electrons. The van der Waals surface area contributed by atoms with Gasteiger partial charge in [-0.1, -0.05) is 47.6 Å². The average Bonchev–Trinajstić information content (AvgIpc) is 2.20. The molecule has 1 rings (SSSR count). The molecule has 1 nitrogen and oxygen atoms in total. The molecule has 0 aliphatic carbocycles. The van der Waals surface area contributed by atoms with Crippen molar-refractivity contribution < 1.29 is 4.74 Å². The summed E-state index contributed by atoms with van der Waals surface area (Å²) in [5.74, 6) is 1.71. The molecule has 0 atom stereocenters. The molecule has 0 aromatic heterocycles. The van der Waals surface area contributed by atoms with E-state index in [1.807, 2.05) is 18.2 Å². The molecule has 0 spiro atoms. The first kappa shape index (κ1) is 12.8. The highest BCUT2D eigenvalue weighted by molar-refractivity contribution is 8.76. The van der Waals surface area contributed by atoms with Crippen molar-refractivity contribution in [3.8, 4) is 5.75 Å². The Morgan fingerprint density at radius 1 is 1.27 bits per heavy atom. The highest BCUT2D eigenvalue weighted by Crippen LogP contribution is 2.35. The van der Waals surface area contributed by atoms with Gasteiger partial charge in [0.05, 0.1) is 11.5 Å². The van der Waals surface area contributed by atoms with Crippen LogP contribution < -0.4 is 4.74 Å². The van der Waals surface area contributed by atoms with Gasteiger partial charge in [-0.25, -0.2) is 0 Å². The lowest BCUT2D eigenvalue weighted by molar-refractivity contribution is 0.283. The van der Waals surface area contributed by atoms with E-state index in [0.717, 1.165) is 18.8 Å². The first-order valence-corrected chi connectivity index (χ1v) is 7.72. The highest BCUT2D eigenvalue weighted by atomic mass is 33.1. The highest BCUT2D eigenvalue weighted by Gasteiger charge is 2.03. The molecule has 0 N–H and O–H groups in total. The smallest absolute Gasteiger partial charge is 0.133 e. The zero-order valence-corrected chi connectivity index (χ0v) is 11.2. The van der Waals surface area contributed by atoms with E-state index in [1.165, 1.54) is 4.90 Å². The van der Waals surface area contributed by atoms with Crippen LogP contribution in [0.2, 0.25) is 0 Å². The van der Waals surface area contributed by atoms with E-state index in [1.54, 1.807) is 21.6 Å². The van der Waals surface area contributed by atoms with Gasteiger partial charge in [0.2, 0.25) is 0 Å². The fourth-order valence-corrected chi connectivity index (χ4v) is 2.61. The standard InChI is InChI=1S/C12H18OS2/c1-10(2)8-9-13-11-6-4-5-7-12(11)15-14-3/h4-7,10H,8-9H2,1-3H3. The zero-order chi connectivity index (χ0) is 11.1. The van der Waals surface area contributed by atoms with E-state index in [4.69, 9.17) is 4.74 Å². The van der Waals surface area contributed by atoms with E-state index in [9.17, 15) is 0 Å². The predicted molar refractivity (Wildman–Crippen MR) is 70.8 cm³/mol. The number of ether oxygens (including phenoxy) is 1. The molecule has 0 saturated heterocycles. The molecule has 0 unspecified atom stereocenters. The van der Waals surface area contributed by atoms with Crippen LogP contribution in [0.4, 0.5) is 0 Å². The van der Waals surface area contributed by atoms with Gasteiger partial charge in [0.25, 0.3) is 0 Å². The van der Waals surface area contributed by atoms with Crippen molar-refractivity contribution in [1.29, 1.82) is 0 Å². The lowest BCUT2D eigenvalue weighted by Crippen LogP contribution is -2.01. The Hall–Kier alpha value is -0.280. The van der Waals surface area contributed by atoms with Crippen molar-refractivity contribution >= 4 is 21.6 Å². The van der Waals surface area contributed by atoms with Gasteiger partial charge < -0.3 is 4.74 Å². The fraction of sp³-hybridized carbons (Fsp3) is 0.500. The summed E-state index contributed by atoms with van der Waals surface area (Å²) in [4.78, 5) is 1.22. The molecule has 15 heavy (non-hydrogen) atoms. The van der Waals surface area contributed by atoms with E-state index >= 15 is 0 Å². The number of para-hydroxylation sites is 1. The number of benzene rings is 1. The lowest BCUT2D eigenvalue weighted by atomic mass is 10.1. The number of hydrogen-bond acceptors (Lipinski definition) is 3. The Balaban J connectivity index is 2.51. The lowest BCUT2D eigenvalue weighted by Gasteiger charge is -2.11. The van der Waals surface area contributed by atoms with Gasteiger partial charge in [0, 0.05) is 0 Å². The van der Waals surface area contributed by atoms with Gasteiger partial charge >= 0.3 is 0 Å². The minimum Gasteiger partial charge on any atom is -0.492 e. The second kappa shape index (κ2) is 7.07. The fourth-order valence-electron chi connectivity index (χ4n) is 1.13. The van der Waals surface area contributed by atoms with Gasteiger partial charge in [-0.15, -0.1) is 0 Å². The summed E-state index contributed by atoms with van der Waals surface area (Å²) in [6.45, 7) is 5.24. The summed E-state index contributed by atoms with van der Waals surface area (Å²) in [6, 6.07) is 8.22. The maximum absolute atomic E-state index is 5.77. The molecule has 0 bridgehead atoms. The summed E-state index contributed by atoms with van der Waals surface area (Å²) in [5.41, 5.74) is 0. The van der Waals surface area contributed by atoms with E-state index in [2.05, 4.69) is 26.2 Å². The predicted octanol–water partition coefficient (Wildman–Crippen LogP) is 4.48. The molecule has 3 heteroatoms. The van der Waals surface area contributed by atoms with Gasteiger partial charge in [-0.05, 0) is 30.7 Å². The van der Waals surface area contributed by atoms with Crippen LogP contribution in [0.1, 0.15) is 20.3 Å². The van der Waals surface area contributed by atoms with Crippen molar-refractivity contribution in [3.63, 3.8) is 0 Å². The van der Waals surface area contributed by atoms with Crippen LogP contribution in [0.5, 0.6) is 5.75 Å². The minimum absolute atomic E-state index is 0.699. The van der Waals surface area contributed by atoms with Gasteiger partial charge in [0.1, 0.15) is 5.75 Å². The summed E-state index contributed by atoms with van der Waals surface area (Å²) in [5, 5.41) is 0. The van der Waals surface area contributed by atoms with Crippen LogP contribution in [0.3, 0.4) is 0 Å². The molecule has 1 aromatic rings. The maximum Gasteiger partial charge on any atom is 0.133 e. The van der Waals surface area contributed by atoms with Crippen molar-refractivity contribution in [1.82, 2.24) is 0 Å². The first-order chi connectivity index (χ1) is 7.24. The van der Waals surface area contributed by atoms with Crippen LogP contribution in [0, 0.1) is 5.92 Å². The second-order valence-corrected chi connectivity index (χ2v) is 6.17. The molecule has 0 aliphatic rings. The van der Waals surface area contributed by atoms with Crippen LogP contribution in [-0.4, -0.2) is 12.9 Å². The molecule has 0 radical (unpaired) electrons. The van der Waals surface area contributed by atoms with Gasteiger partial charge in [-0.2, -0.15) is 0 Å². The van der Waals surface area contributed by atoms with E-state index in [-0.39, 0.29) is 0 Å². The Labute approximate surface area is 100 Å². The summed E-state index contributed by atoms with van der Waals surface area (Å²) in [7, 11) is 3.50. The average molecular weight is 242 g/mol. The summed E-state index contributed by atoms with van der Waals surface area (Å²) in [6.07, 6.45) is 3.19. The van der Waals surface area contributed by atoms with Crippen LogP contribution in [0.15, 0.2) is 29.2 Å². The molecule has 0 heterocycles. The van der Waals surface area contributed by atoms with E-state index < -0.39 is 0 Å². The molecular formula is C12H18OS2. The quantitative estimate of drug-likeness (QED) is 0.681. The SMILES string of the molecule is CSSc1ccccc1OCCC(C)C. The Morgan fingerprint density at radius 2 is 2.00 bits per heavy atom. The Bertz CT molecular complexity index is 287. The van der Waals surface area contributed by atoms with Crippen molar-refractivity contribution in [2.45, 2.75) is 25.2 Å². The Morgan fingerprint density at radius 3 is 2.67 bits per heavy atom. The molecule has 0 aliphatic heterocycles. The third-order valence-electron chi connectivity index (χ3n) is 1.98. The van der Waals surface area contributed by atoms with Crippen LogP contribution in [-0.2, 0) is 0 Å². The van der Waals surface area contributed by atoms with Crippen LogP contribution in [0.25, 0.3) is 0 Å². The van der Waals surface area contributed by atoms with Crippen molar-refractivity contribution in [2.24, 2.45) is 5.92 Å². The monoisotopic (exact) mass is 242 g/mol. The topological polar surface area (TPSA) is 9.23 Å². The molecule has 1 aromatic carbocycles. The summed E-state index contributed by atoms with van der Waals surface area (Å²) < 4.78 is 5.77. The summed E-state index contributed by atoms with van der Waals surface area (Å²) >= 11 is 0. The third kappa shape index (κ3) is 4.85. The molecule has 0 fully saturated rings. The normalized spacial score (nSPS) is 10.7. The van der Waals surface area contributed by atoms with E-state index in [0.29, 0.717) is 5.92 Å². The maximum atomic E-state index is 5.77.